The number of likely N-dealkylation sites (N-methyl/N-ethyl adjacent to an activating group) is 1. The standard InChI is InChI=1S/C14H23N3O2S/c1-3-17-9-5-6-12(17)10-16-20(18,19)14-8-4-7-13(15)11(14)2/h4,7-8,12,16H,3,5-6,9-10,15H2,1-2H3. The lowest BCUT2D eigenvalue weighted by molar-refractivity contribution is 0.268. The van der Waals surface area contributed by atoms with E-state index in [2.05, 4.69) is 16.5 Å². The van der Waals surface area contributed by atoms with Crippen molar-refractivity contribution in [1.29, 1.82) is 0 Å². The van der Waals surface area contributed by atoms with Crippen LogP contribution in [0, 0.1) is 6.92 Å². The van der Waals surface area contributed by atoms with E-state index in [1.165, 1.54) is 0 Å². The second kappa shape index (κ2) is 6.11. The van der Waals surface area contributed by atoms with E-state index < -0.39 is 10.0 Å². The van der Waals surface area contributed by atoms with Crippen LogP contribution in [0.25, 0.3) is 0 Å². The summed E-state index contributed by atoms with van der Waals surface area (Å²) >= 11 is 0. The molecule has 0 aliphatic carbocycles. The van der Waals surface area contributed by atoms with Crippen molar-refractivity contribution in [2.24, 2.45) is 0 Å². The van der Waals surface area contributed by atoms with Gasteiger partial charge in [-0.15, -0.1) is 0 Å². The number of likely N-dealkylation sites (tertiary alicyclic amines) is 1. The van der Waals surface area contributed by atoms with Gasteiger partial charge in [-0.3, -0.25) is 4.90 Å². The highest BCUT2D eigenvalue weighted by molar-refractivity contribution is 7.89. The van der Waals surface area contributed by atoms with E-state index in [9.17, 15) is 8.42 Å². The summed E-state index contributed by atoms with van der Waals surface area (Å²) in [5.41, 5.74) is 6.89. The molecule has 1 unspecified atom stereocenters. The first kappa shape index (κ1) is 15.3. The van der Waals surface area contributed by atoms with Crippen LogP contribution in [0.15, 0.2) is 23.1 Å². The Morgan fingerprint density at radius 1 is 1.45 bits per heavy atom. The summed E-state index contributed by atoms with van der Waals surface area (Å²) in [6.07, 6.45) is 2.18. The molecule has 2 rings (SSSR count). The van der Waals surface area contributed by atoms with Gasteiger partial charge in [0, 0.05) is 18.3 Å². The molecule has 20 heavy (non-hydrogen) atoms. The minimum absolute atomic E-state index is 0.276. The van der Waals surface area contributed by atoms with Crippen molar-refractivity contribution in [3.63, 3.8) is 0 Å². The molecular formula is C14H23N3O2S. The lowest BCUT2D eigenvalue weighted by Gasteiger charge is -2.23. The van der Waals surface area contributed by atoms with Crippen LogP contribution in [-0.2, 0) is 10.0 Å². The minimum atomic E-state index is -3.49. The van der Waals surface area contributed by atoms with Crippen molar-refractivity contribution in [2.45, 2.75) is 37.6 Å². The number of hydrogen-bond donors (Lipinski definition) is 2. The molecule has 0 aromatic heterocycles. The molecule has 3 N–H and O–H groups in total. The number of benzene rings is 1. The second-order valence-corrected chi connectivity index (χ2v) is 6.98. The zero-order valence-corrected chi connectivity index (χ0v) is 12.9. The van der Waals surface area contributed by atoms with Gasteiger partial charge in [0.25, 0.3) is 0 Å². The SMILES string of the molecule is CCN1CCCC1CNS(=O)(=O)c1cccc(N)c1C. The van der Waals surface area contributed by atoms with Gasteiger partial charge in [-0.1, -0.05) is 13.0 Å². The molecule has 0 amide bonds. The molecule has 1 aromatic carbocycles. The first-order valence-electron chi connectivity index (χ1n) is 7.04. The third kappa shape index (κ3) is 3.13. The van der Waals surface area contributed by atoms with Crippen LogP contribution < -0.4 is 10.5 Å². The number of hydrogen-bond acceptors (Lipinski definition) is 4. The van der Waals surface area contributed by atoms with Gasteiger partial charge in [0.1, 0.15) is 0 Å². The van der Waals surface area contributed by atoms with Crippen LogP contribution in [0.1, 0.15) is 25.3 Å². The Balaban J connectivity index is 2.10. The molecular weight excluding hydrogens is 274 g/mol. The fourth-order valence-electron chi connectivity index (χ4n) is 2.75. The van der Waals surface area contributed by atoms with Gasteiger partial charge in [0.2, 0.25) is 10.0 Å². The first-order chi connectivity index (χ1) is 9.45. The fraction of sp³-hybridized carbons (Fsp3) is 0.571. The minimum Gasteiger partial charge on any atom is -0.398 e. The summed E-state index contributed by atoms with van der Waals surface area (Å²) in [6.45, 7) is 6.32. The number of sulfonamides is 1. The van der Waals surface area contributed by atoms with Crippen LogP contribution in [0.5, 0.6) is 0 Å². The van der Waals surface area contributed by atoms with E-state index in [1.807, 2.05) is 0 Å². The molecule has 0 saturated carbocycles. The molecule has 1 fully saturated rings. The number of nitrogens with zero attached hydrogens (tertiary/aromatic N) is 1. The van der Waals surface area contributed by atoms with Gasteiger partial charge in [0.05, 0.1) is 4.90 Å². The summed E-state index contributed by atoms with van der Waals surface area (Å²) in [5, 5.41) is 0. The maximum atomic E-state index is 12.4. The molecule has 112 valence electrons. The van der Waals surface area contributed by atoms with Gasteiger partial charge in [-0.25, -0.2) is 13.1 Å². The van der Waals surface area contributed by atoms with E-state index in [0.717, 1.165) is 25.9 Å². The molecule has 5 nitrogen and oxygen atoms in total. The summed E-state index contributed by atoms with van der Waals surface area (Å²) in [7, 11) is -3.49. The smallest absolute Gasteiger partial charge is 0.240 e. The first-order valence-corrected chi connectivity index (χ1v) is 8.53. The van der Waals surface area contributed by atoms with Gasteiger partial charge in [0.15, 0.2) is 0 Å². The molecule has 0 spiro atoms. The number of nitrogens with one attached hydrogen (secondary N) is 1. The largest absolute Gasteiger partial charge is 0.398 e. The van der Waals surface area contributed by atoms with Gasteiger partial charge in [-0.2, -0.15) is 0 Å². The van der Waals surface area contributed by atoms with Gasteiger partial charge >= 0.3 is 0 Å². The number of nitrogen functional groups attached to an aromatic ring is 1. The molecule has 1 saturated heterocycles. The van der Waals surface area contributed by atoms with E-state index >= 15 is 0 Å². The maximum absolute atomic E-state index is 12.4. The molecule has 1 heterocycles. The lowest BCUT2D eigenvalue weighted by Crippen LogP contribution is -2.40. The zero-order chi connectivity index (χ0) is 14.8. The fourth-order valence-corrected chi connectivity index (χ4v) is 4.09. The highest BCUT2D eigenvalue weighted by Gasteiger charge is 2.25. The van der Waals surface area contributed by atoms with Crippen LogP contribution in [0.3, 0.4) is 0 Å². The molecule has 1 aliphatic rings. The topological polar surface area (TPSA) is 75.4 Å². The van der Waals surface area contributed by atoms with Crippen molar-refractivity contribution >= 4 is 15.7 Å². The summed E-state index contributed by atoms with van der Waals surface area (Å²) in [4.78, 5) is 2.59. The Labute approximate surface area is 121 Å². The number of nitrogens with two attached hydrogens (primary N) is 1. The van der Waals surface area contributed by atoms with E-state index in [1.54, 1.807) is 25.1 Å². The molecule has 1 atom stereocenters. The monoisotopic (exact) mass is 297 g/mol. The summed E-state index contributed by atoms with van der Waals surface area (Å²) < 4.78 is 27.5. The Bertz CT molecular complexity index is 572. The van der Waals surface area contributed by atoms with E-state index in [-0.39, 0.29) is 4.90 Å². The average molecular weight is 297 g/mol. The predicted molar refractivity (Wildman–Crippen MR) is 81.0 cm³/mol. The normalized spacial score (nSPS) is 20.4. The van der Waals surface area contributed by atoms with Crippen LogP contribution in [-0.4, -0.2) is 39.0 Å². The van der Waals surface area contributed by atoms with E-state index in [0.29, 0.717) is 23.8 Å². The quantitative estimate of drug-likeness (QED) is 0.804. The third-order valence-electron chi connectivity index (χ3n) is 4.03. The van der Waals surface area contributed by atoms with Gasteiger partial charge in [-0.05, 0) is 50.6 Å². The number of rotatable bonds is 5. The molecule has 1 aromatic rings. The van der Waals surface area contributed by atoms with Crippen molar-refractivity contribution in [3.8, 4) is 0 Å². The van der Waals surface area contributed by atoms with Crippen LogP contribution >= 0.6 is 0 Å². The van der Waals surface area contributed by atoms with Crippen LogP contribution in [0.2, 0.25) is 0 Å². The highest BCUT2D eigenvalue weighted by atomic mass is 32.2. The Kier molecular flexibility index (Phi) is 4.67. The number of anilines is 1. The summed E-state index contributed by atoms with van der Waals surface area (Å²) in [5.74, 6) is 0. The van der Waals surface area contributed by atoms with E-state index in [4.69, 9.17) is 5.73 Å². The zero-order valence-electron chi connectivity index (χ0n) is 12.1. The van der Waals surface area contributed by atoms with Crippen molar-refractivity contribution in [3.05, 3.63) is 23.8 Å². The molecule has 1 aliphatic heterocycles. The molecule has 6 heteroatoms. The second-order valence-electron chi connectivity index (χ2n) is 5.25. The summed E-state index contributed by atoms with van der Waals surface area (Å²) in [6, 6.07) is 5.28. The average Bonchev–Trinajstić information content (AvgIpc) is 2.87. The highest BCUT2D eigenvalue weighted by Crippen LogP contribution is 2.21. The van der Waals surface area contributed by atoms with Crippen molar-refractivity contribution < 1.29 is 8.42 Å². The van der Waals surface area contributed by atoms with Gasteiger partial charge < -0.3 is 5.73 Å². The third-order valence-corrected chi connectivity index (χ3v) is 5.60. The van der Waals surface area contributed by atoms with Crippen molar-refractivity contribution in [2.75, 3.05) is 25.4 Å². The Morgan fingerprint density at radius 3 is 2.90 bits per heavy atom. The maximum Gasteiger partial charge on any atom is 0.240 e. The Hall–Kier alpha value is -1.11. The molecule has 0 bridgehead atoms. The lowest BCUT2D eigenvalue weighted by atomic mass is 10.2. The van der Waals surface area contributed by atoms with Crippen molar-refractivity contribution in [1.82, 2.24) is 9.62 Å². The molecule has 0 radical (unpaired) electrons. The van der Waals surface area contributed by atoms with Crippen LogP contribution in [0.4, 0.5) is 5.69 Å². The Morgan fingerprint density at radius 2 is 2.20 bits per heavy atom. The predicted octanol–water partition coefficient (Wildman–Crippen LogP) is 1.34.